The quantitative estimate of drug-likeness (QED) is 0.807. The molecular weight excluding hydrogens is 241 g/mol. The van der Waals surface area contributed by atoms with Gasteiger partial charge in [0, 0.05) is 21.7 Å². The Bertz CT molecular complexity index is 318. The molecule has 2 N–H and O–H groups in total. The summed E-state index contributed by atoms with van der Waals surface area (Å²) in [4.78, 5) is 0. The summed E-state index contributed by atoms with van der Waals surface area (Å²) < 4.78 is 0. The Morgan fingerprint density at radius 1 is 1.25 bits per heavy atom. The van der Waals surface area contributed by atoms with Gasteiger partial charge in [0.05, 0.1) is 0 Å². The molecule has 0 aromatic heterocycles. The number of nitrogens with two attached hydrogens (primary N) is 1. The molecule has 0 spiro atoms. The van der Waals surface area contributed by atoms with E-state index in [0.717, 1.165) is 12.0 Å². The molecule has 0 fully saturated rings. The van der Waals surface area contributed by atoms with E-state index in [0.29, 0.717) is 16.0 Å². The predicted molar refractivity (Wildman–Crippen MR) is 72.1 cm³/mol. The Hall–Kier alpha value is -0.240. The number of halogens is 2. The molecule has 0 saturated carbocycles. The van der Waals surface area contributed by atoms with Crippen LogP contribution >= 0.6 is 23.2 Å². The summed E-state index contributed by atoms with van der Waals surface area (Å²) in [6, 6.07) is 5.46. The van der Waals surface area contributed by atoms with E-state index in [2.05, 4.69) is 13.8 Å². The Labute approximate surface area is 108 Å². The van der Waals surface area contributed by atoms with E-state index in [4.69, 9.17) is 28.9 Å². The molecule has 0 amide bonds. The lowest BCUT2D eigenvalue weighted by Crippen LogP contribution is -2.15. The van der Waals surface area contributed by atoms with Crippen molar-refractivity contribution in [1.82, 2.24) is 0 Å². The zero-order chi connectivity index (χ0) is 12.1. The van der Waals surface area contributed by atoms with Crippen molar-refractivity contribution >= 4 is 23.2 Å². The molecule has 0 aliphatic rings. The fraction of sp³-hybridized carbons (Fsp3) is 0.538. The van der Waals surface area contributed by atoms with E-state index in [-0.39, 0.29) is 6.04 Å². The van der Waals surface area contributed by atoms with Gasteiger partial charge < -0.3 is 5.73 Å². The van der Waals surface area contributed by atoms with Crippen LogP contribution in [-0.4, -0.2) is 0 Å². The van der Waals surface area contributed by atoms with Crippen molar-refractivity contribution < 1.29 is 0 Å². The van der Waals surface area contributed by atoms with Crippen molar-refractivity contribution in [2.75, 3.05) is 0 Å². The number of benzene rings is 1. The highest BCUT2D eigenvalue weighted by molar-refractivity contribution is 6.36. The van der Waals surface area contributed by atoms with Gasteiger partial charge >= 0.3 is 0 Å². The Kier molecular flexibility index (Phi) is 5.60. The average molecular weight is 260 g/mol. The minimum atomic E-state index is -0.0669. The molecule has 3 heteroatoms. The van der Waals surface area contributed by atoms with Crippen LogP contribution in [0.25, 0.3) is 0 Å². The SMILES string of the molecule is CCCC(C)CC(N)c1c(Cl)cccc1Cl. The highest BCUT2D eigenvalue weighted by Gasteiger charge is 2.16. The van der Waals surface area contributed by atoms with E-state index in [1.807, 2.05) is 18.2 Å². The highest BCUT2D eigenvalue weighted by atomic mass is 35.5. The zero-order valence-electron chi connectivity index (χ0n) is 9.84. The van der Waals surface area contributed by atoms with Crippen LogP contribution in [0.15, 0.2) is 18.2 Å². The molecule has 0 saturated heterocycles. The van der Waals surface area contributed by atoms with Crippen LogP contribution in [0, 0.1) is 5.92 Å². The molecule has 1 aromatic rings. The monoisotopic (exact) mass is 259 g/mol. The largest absolute Gasteiger partial charge is 0.324 e. The minimum absolute atomic E-state index is 0.0669. The van der Waals surface area contributed by atoms with Crippen LogP contribution in [0.5, 0.6) is 0 Å². The smallest absolute Gasteiger partial charge is 0.0468 e. The molecular formula is C13H19Cl2N. The number of hydrogen-bond acceptors (Lipinski definition) is 1. The highest BCUT2D eigenvalue weighted by Crippen LogP contribution is 2.32. The molecule has 1 nitrogen and oxygen atoms in total. The second-order valence-corrected chi connectivity index (χ2v) is 5.19. The fourth-order valence-corrected chi connectivity index (χ4v) is 2.70. The lowest BCUT2D eigenvalue weighted by molar-refractivity contribution is 0.440. The first-order valence-corrected chi connectivity index (χ1v) is 6.51. The zero-order valence-corrected chi connectivity index (χ0v) is 11.4. The number of rotatable bonds is 5. The summed E-state index contributed by atoms with van der Waals surface area (Å²) in [5, 5.41) is 1.34. The molecule has 16 heavy (non-hydrogen) atoms. The first-order chi connectivity index (χ1) is 7.56. The molecule has 1 aromatic carbocycles. The lowest BCUT2D eigenvalue weighted by Gasteiger charge is -2.19. The van der Waals surface area contributed by atoms with Crippen LogP contribution < -0.4 is 5.73 Å². The van der Waals surface area contributed by atoms with Gasteiger partial charge in [-0.3, -0.25) is 0 Å². The number of hydrogen-bond donors (Lipinski definition) is 1. The van der Waals surface area contributed by atoms with Gasteiger partial charge in [-0.25, -0.2) is 0 Å². The summed E-state index contributed by atoms with van der Waals surface area (Å²) >= 11 is 12.2. The van der Waals surface area contributed by atoms with Crippen LogP contribution in [0.3, 0.4) is 0 Å². The van der Waals surface area contributed by atoms with Crippen LogP contribution in [0.2, 0.25) is 10.0 Å². The Balaban J connectivity index is 2.76. The van der Waals surface area contributed by atoms with Crippen LogP contribution in [0.1, 0.15) is 44.7 Å². The second kappa shape index (κ2) is 6.48. The molecule has 0 radical (unpaired) electrons. The lowest BCUT2D eigenvalue weighted by atomic mass is 9.93. The molecule has 1 rings (SSSR count). The minimum Gasteiger partial charge on any atom is -0.324 e. The maximum Gasteiger partial charge on any atom is 0.0468 e. The predicted octanol–water partition coefficient (Wildman–Crippen LogP) is 4.82. The third-order valence-corrected chi connectivity index (χ3v) is 3.47. The van der Waals surface area contributed by atoms with E-state index in [1.165, 1.54) is 12.8 Å². The van der Waals surface area contributed by atoms with E-state index in [1.54, 1.807) is 0 Å². The van der Waals surface area contributed by atoms with Crippen molar-refractivity contribution in [3.8, 4) is 0 Å². The van der Waals surface area contributed by atoms with Crippen molar-refractivity contribution in [1.29, 1.82) is 0 Å². The van der Waals surface area contributed by atoms with E-state index < -0.39 is 0 Å². The van der Waals surface area contributed by atoms with Gasteiger partial charge in [-0.15, -0.1) is 0 Å². The molecule has 90 valence electrons. The average Bonchev–Trinajstić information content (AvgIpc) is 2.17. The molecule has 2 atom stereocenters. The van der Waals surface area contributed by atoms with Gasteiger partial charge in [0.15, 0.2) is 0 Å². The summed E-state index contributed by atoms with van der Waals surface area (Å²) in [6.07, 6.45) is 3.30. The molecule has 0 heterocycles. The van der Waals surface area contributed by atoms with Gasteiger partial charge in [-0.2, -0.15) is 0 Å². The normalized spacial score (nSPS) is 14.8. The van der Waals surface area contributed by atoms with Crippen molar-refractivity contribution in [2.45, 2.75) is 39.2 Å². The first kappa shape index (κ1) is 13.8. The maximum absolute atomic E-state index is 6.16. The van der Waals surface area contributed by atoms with Gasteiger partial charge in [0.2, 0.25) is 0 Å². The third-order valence-electron chi connectivity index (χ3n) is 2.81. The summed E-state index contributed by atoms with van der Waals surface area (Å²) in [6.45, 7) is 4.40. The molecule has 2 unspecified atom stereocenters. The van der Waals surface area contributed by atoms with Crippen LogP contribution in [-0.2, 0) is 0 Å². The summed E-state index contributed by atoms with van der Waals surface area (Å²) in [5.74, 6) is 0.604. The van der Waals surface area contributed by atoms with Crippen molar-refractivity contribution in [3.63, 3.8) is 0 Å². The van der Waals surface area contributed by atoms with Crippen molar-refractivity contribution in [2.24, 2.45) is 11.7 Å². The Morgan fingerprint density at radius 2 is 1.81 bits per heavy atom. The molecule has 0 aliphatic carbocycles. The Morgan fingerprint density at radius 3 is 2.31 bits per heavy atom. The van der Waals surface area contributed by atoms with Gasteiger partial charge in [-0.1, -0.05) is 56.0 Å². The fourth-order valence-electron chi connectivity index (χ4n) is 2.03. The summed E-state index contributed by atoms with van der Waals surface area (Å²) in [5.41, 5.74) is 7.04. The maximum atomic E-state index is 6.16. The third kappa shape index (κ3) is 3.65. The standard InChI is InChI=1S/C13H19Cl2N/c1-3-5-9(2)8-12(16)13-10(14)6-4-7-11(13)15/h4,6-7,9,12H,3,5,8,16H2,1-2H3. The van der Waals surface area contributed by atoms with E-state index in [9.17, 15) is 0 Å². The second-order valence-electron chi connectivity index (χ2n) is 4.37. The van der Waals surface area contributed by atoms with Crippen LogP contribution in [0.4, 0.5) is 0 Å². The summed E-state index contributed by atoms with van der Waals surface area (Å²) in [7, 11) is 0. The van der Waals surface area contributed by atoms with Gasteiger partial charge in [0.25, 0.3) is 0 Å². The first-order valence-electron chi connectivity index (χ1n) is 5.75. The van der Waals surface area contributed by atoms with E-state index >= 15 is 0 Å². The van der Waals surface area contributed by atoms with Gasteiger partial charge in [-0.05, 0) is 24.5 Å². The van der Waals surface area contributed by atoms with Gasteiger partial charge in [0.1, 0.15) is 0 Å². The topological polar surface area (TPSA) is 26.0 Å². The molecule has 0 bridgehead atoms. The van der Waals surface area contributed by atoms with Crippen molar-refractivity contribution in [3.05, 3.63) is 33.8 Å². The molecule has 0 aliphatic heterocycles.